The average Bonchev–Trinajstić information content (AvgIpc) is 3.15. The molecule has 0 spiro atoms. The van der Waals surface area contributed by atoms with E-state index in [1.165, 1.54) is 38.4 Å². The van der Waals surface area contributed by atoms with Gasteiger partial charge in [-0.05, 0) is 36.4 Å². The van der Waals surface area contributed by atoms with Crippen LogP contribution in [0.4, 0.5) is 5.82 Å². The molecule has 0 atom stereocenters. The molecule has 30 heavy (non-hydrogen) atoms. The van der Waals surface area contributed by atoms with E-state index in [1.54, 1.807) is 12.1 Å². The molecule has 1 aliphatic rings. The minimum Gasteiger partial charge on any atom is -0.378 e. The zero-order chi connectivity index (χ0) is 21.5. The predicted octanol–water partition coefficient (Wildman–Crippen LogP) is 1.36. The maximum Gasteiger partial charge on any atom is 0.283 e. The summed E-state index contributed by atoms with van der Waals surface area (Å²) < 4.78 is 58.7. The van der Waals surface area contributed by atoms with E-state index in [9.17, 15) is 16.8 Å². The fourth-order valence-corrected chi connectivity index (χ4v) is 5.49. The molecule has 11 heteroatoms. The number of rotatable bonds is 5. The third kappa shape index (κ3) is 3.47. The number of anilines is 1. The topological polar surface area (TPSA) is 102 Å². The number of aromatic nitrogens is 2. The van der Waals surface area contributed by atoms with Crippen LogP contribution in [0.1, 0.15) is 0 Å². The molecule has 1 aromatic heterocycles. The summed E-state index contributed by atoms with van der Waals surface area (Å²) in [4.78, 5) is 1.98. The van der Waals surface area contributed by atoms with Crippen LogP contribution in [0.15, 0.2) is 58.3 Å². The molecule has 3 aromatic rings. The third-order valence-corrected chi connectivity index (χ3v) is 8.41. The van der Waals surface area contributed by atoms with Crippen LogP contribution < -0.4 is 4.90 Å². The van der Waals surface area contributed by atoms with Crippen molar-refractivity contribution in [3.8, 4) is 0 Å². The monoisotopic (exact) mass is 450 g/mol. The maximum atomic E-state index is 13.3. The van der Waals surface area contributed by atoms with Gasteiger partial charge in [-0.25, -0.2) is 12.7 Å². The molecule has 0 aliphatic carbocycles. The molecule has 0 N–H and O–H groups in total. The molecule has 0 bridgehead atoms. The van der Waals surface area contributed by atoms with Crippen LogP contribution in [0.25, 0.3) is 10.9 Å². The molecule has 4 rings (SSSR count). The number of para-hydroxylation sites is 1. The minimum atomic E-state index is -4.03. The molecule has 1 fully saturated rings. The maximum absolute atomic E-state index is 13.3. The fourth-order valence-electron chi connectivity index (χ4n) is 3.31. The van der Waals surface area contributed by atoms with E-state index in [0.717, 1.165) is 13.8 Å². The molecule has 160 valence electrons. The summed E-state index contributed by atoms with van der Waals surface area (Å²) in [5, 5.41) is 5.16. The highest BCUT2D eigenvalue weighted by molar-refractivity contribution is 7.90. The molecule has 0 unspecified atom stereocenters. The predicted molar refractivity (Wildman–Crippen MR) is 113 cm³/mol. The number of sulfonamides is 1. The largest absolute Gasteiger partial charge is 0.378 e. The van der Waals surface area contributed by atoms with Crippen molar-refractivity contribution in [1.29, 1.82) is 0 Å². The second-order valence-electron chi connectivity index (χ2n) is 7.05. The molecule has 0 amide bonds. The summed E-state index contributed by atoms with van der Waals surface area (Å²) in [6, 6.07) is 12.3. The highest BCUT2D eigenvalue weighted by Crippen LogP contribution is 2.30. The Hall–Kier alpha value is -2.47. The third-order valence-electron chi connectivity index (χ3n) is 4.98. The van der Waals surface area contributed by atoms with Gasteiger partial charge in [0.15, 0.2) is 5.82 Å². The zero-order valence-corrected chi connectivity index (χ0v) is 18.2. The summed E-state index contributed by atoms with van der Waals surface area (Å²) in [6.07, 6.45) is 0. The van der Waals surface area contributed by atoms with Gasteiger partial charge in [0.25, 0.3) is 10.0 Å². The second kappa shape index (κ2) is 7.65. The van der Waals surface area contributed by atoms with E-state index >= 15 is 0 Å². The number of morpholine rings is 1. The molecule has 2 aromatic carbocycles. The van der Waals surface area contributed by atoms with Crippen LogP contribution in [0.5, 0.6) is 0 Å². The van der Waals surface area contributed by atoms with Gasteiger partial charge in [0.05, 0.1) is 28.5 Å². The molecule has 1 aliphatic heterocycles. The molecule has 0 radical (unpaired) electrons. The first kappa shape index (κ1) is 20.8. The highest BCUT2D eigenvalue weighted by Gasteiger charge is 2.26. The molecular formula is C19H22N4O5S2. The molecule has 1 saturated heterocycles. The Morgan fingerprint density at radius 2 is 1.50 bits per heavy atom. The quantitative estimate of drug-likeness (QED) is 0.578. The number of hydrogen-bond donors (Lipinski definition) is 0. The van der Waals surface area contributed by atoms with Crippen molar-refractivity contribution in [2.24, 2.45) is 0 Å². The summed E-state index contributed by atoms with van der Waals surface area (Å²) in [5.41, 5.74) is 0.462. The van der Waals surface area contributed by atoms with Crippen LogP contribution in [-0.2, 0) is 24.8 Å². The van der Waals surface area contributed by atoms with E-state index in [0.29, 0.717) is 37.6 Å². The van der Waals surface area contributed by atoms with Crippen LogP contribution >= 0.6 is 0 Å². The van der Waals surface area contributed by atoms with Gasteiger partial charge in [0.2, 0.25) is 10.0 Å². The lowest BCUT2D eigenvalue weighted by molar-refractivity contribution is 0.122. The average molecular weight is 451 g/mol. The van der Waals surface area contributed by atoms with Crippen molar-refractivity contribution in [2.45, 2.75) is 9.79 Å². The Balaban J connectivity index is 1.80. The van der Waals surface area contributed by atoms with Gasteiger partial charge in [-0.15, -0.1) is 5.10 Å². The minimum absolute atomic E-state index is 0.0192. The van der Waals surface area contributed by atoms with E-state index in [2.05, 4.69) is 5.10 Å². The number of hydrogen-bond acceptors (Lipinski definition) is 7. The SMILES string of the molecule is CN(C)S(=O)(=O)c1ccc(S(=O)(=O)n2nc(N3CCOCC3)c3ccccc32)cc1. The zero-order valence-electron chi connectivity index (χ0n) is 16.6. The summed E-state index contributed by atoms with van der Waals surface area (Å²) in [5.74, 6) is 0.587. The standard InChI is InChI=1S/C19H22N4O5S2/c1-21(2)29(24,25)15-7-9-16(10-8-15)30(26,27)23-18-6-4-3-5-17(18)19(20-23)22-11-13-28-14-12-22/h3-10H,11-14H2,1-2H3. The Labute approximate surface area is 175 Å². The first-order valence-corrected chi connectivity index (χ1v) is 12.2. The van der Waals surface area contributed by atoms with Crippen molar-refractivity contribution >= 4 is 36.8 Å². The number of ether oxygens (including phenoxy) is 1. The Kier molecular flexibility index (Phi) is 5.30. The fraction of sp³-hybridized carbons (Fsp3) is 0.316. The Morgan fingerprint density at radius 3 is 2.13 bits per heavy atom. The number of fused-ring (bicyclic) bond motifs is 1. The summed E-state index contributed by atoms with van der Waals surface area (Å²) in [6.45, 7) is 2.35. The van der Waals surface area contributed by atoms with Gasteiger partial charge in [0, 0.05) is 32.6 Å². The van der Waals surface area contributed by atoms with Gasteiger partial charge >= 0.3 is 0 Å². The lowest BCUT2D eigenvalue weighted by Gasteiger charge is -2.26. The number of benzene rings is 2. The van der Waals surface area contributed by atoms with E-state index in [-0.39, 0.29) is 9.79 Å². The Morgan fingerprint density at radius 1 is 0.900 bits per heavy atom. The second-order valence-corrected chi connectivity index (χ2v) is 11.0. The van der Waals surface area contributed by atoms with Crippen molar-refractivity contribution in [3.05, 3.63) is 48.5 Å². The van der Waals surface area contributed by atoms with Crippen molar-refractivity contribution in [2.75, 3.05) is 45.3 Å². The lowest BCUT2D eigenvalue weighted by Crippen LogP contribution is -2.36. The van der Waals surface area contributed by atoms with E-state index < -0.39 is 20.0 Å². The van der Waals surface area contributed by atoms with Gasteiger partial charge in [-0.1, -0.05) is 12.1 Å². The number of nitrogens with zero attached hydrogens (tertiary/aromatic N) is 4. The van der Waals surface area contributed by atoms with Gasteiger partial charge < -0.3 is 9.64 Å². The molecule has 9 nitrogen and oxygen atoms in total. The van der Waals surface area contributed by atoms with E-state index in [4.69, 9.17) is 4.74 Å². The molecular weight excluding hydrogens is 428 g/mol. The van der Waals surface area contributed by atoms with Crippen LogP contribution in [0.2, 0.25) is 0 Å². The van der Waals surface area contributed by atoms with Gasteiger partial charge in [0.1, 0.15) is 0 Å². The summed E-state index contributed by atoms with van der Waals surface area (Å²) >= 11 is 0. The smallest absolute Gasteiger partial charge is 0.283 e. The van der Waals surface area contributed by atoms with Crippen LogP contribution in [-0.4, -0.2) is 70.7 Å². The van der Waals surface area contributed by atoms with Crippen LogP contribution in [0.3, 0.4) is 0 Å². The molecule has 2 heterocycles. The molecule has 0 saturated carbocycles. The lowest BCUT2D eigenvalue weighted by atomic mass is 10.2. The van der Waals surface area contributed by atoms with Gasteiger partial charge in [-0.3, -0.25) is 0 Å². The van der Waals surface area contributed by atoms with E-state index in [1.807, 2.05) is 17.0 Å². The first-order chi connectivity index (χ1) is 14.2. The summed E-state index contributed by atoms with van der Waals surface area (Å²) in [7, 11) is -4.84. The van der Waals surface area contributed by atoms with Crippen molar-refractivity contribution in [3.63, 3.8) is 0 Å². The normalized spacial score (nSPS) is 15.8. The first-order valence-electron chi connectivity index (χ1n) is 9.31. The Bertz CT molecular complexity index is 1280. The van der Waals surface area contributed by atoms with Crippen molar-refractivity contribution in [1.82, 2.24) is 13.5 Å². The van der Waals surface area contributed by atoms with Crippen molar-refractivity contribution < 1.29 is 21.6 Å². The highest BCUT2D eigenvalue weighted by atomic mass is 32.2. The van der Waals surface area contributed by atoms with Crippen LogP contribution in [0, 0.1) is 0 Å². The van der Waals surface area contributed by atoms with Gasteiger partial charge in [-0.2, -0.15) is 12.5 Å².